The number of hydrogen-bond donors (Lipinski definition) is 1. The zero-order valence-electron chi connectivity index (χ0n) is 9.08. The van der Waals surface area contributed by atoms with E-state index in [2.05, 4.69) is 21.2 Å². The van der Waals surface area contributed by atoms with Crippen molar-refractivity contribution in [3.8, 4) is 0 Å². The van der Waals surface area contributed by atoms with Gasteiger partial charge in [0.15, 0.2) is 0 Å². The fraction of sp³-hybridized carbons (Fsp3) is 0. The van der Waals surface area contributed by atoms with E-state index in [1.54, 1.807) is 24.3 Å². The molecule has 0 radical (unpaired) electrons. The summed E-state index contributed by atoms with van der Waals surface area (Å²) in [5.41, 5.74) is 0.545. The minimum Gasteiger partial charge on any atom is -0.322 e. The first-order chi connectivity index (χ1) is 8.58. The molecule has 2 rings (SSSR count). The summed E-state index contributed by atoms with van der Waals surface area (Å²) < 4.78 is 14.1. The van der Waals surface area contributed by atoms with E-state index in [9.17, 15) is 9.18 Å². The van der Waals surface area contributed by atoms with Crippen molar-refractivity contribution in [2.45, 2.75) is 0 Å². The Morgan fingerprint density at radius 1 is 1.22 bits per heavy atom. The second kappa shape index (κ2) is 5.50. The lowest BCUT2D eigenvalue weighted by Gasteiger charge is -2.07. The van der Waals surface area contributed by atoms with Crippen molar-refractivity contribution >= 4 is 39.1 Å². The highest BCUT2D eigenvalue weighted by Gasteiger charge is 2.11. The third kappa shape index (κ3) is 2.89. The minimum atomic E-state index is -0.553. The summed E-state index contributed by atoms with van der Waals surface area (Å²) >= 11 is 9.09. The van der Waals surface area contributed by atoms with Crippen molar-refractivity contribution in [1.29, 1.82) is 0 Å². The average molecular weight is 329 g/mol. The first-order valence-electron chi connectivity index (χ1n) is 5.09. The van der Waals surface area contributed by atoms with Crippen molar-refractivity contribution in [1.82, 2.24) is 0 Å². The van der Waals surface area contributed by atoms with E-state index >= 15 is 0 Å². The molecule has 0 atom stereocenters. The highest BCUT2D eigenvalue weighted by Crippen LogP contribution is 2.25. The molecule has 2 aromatic carbocycles. The van der Waals surface area contributed by atoms with E-state index in [1.807, 2.05) is 0 Å². The number of anilines is 1. The molecule has 0 bridgehead atoms. The van der Waals surface area contributed by atoms with E-state index < -0.39 is 11.7 Å². The molecule has 0 saturated carbocycles. The van der Waals surface area contributed by atoms with Crippen LogP contribution in [0, 0.1) is 5.82 Å². The van der Waals surface area contributed by atoms with E-state index in [0.717, 1.165) is 0 Å². The van der Waals surface area contributed by atoms with Gasteiger partial charge in [0.25, 0.3) is 5.91 Å². The van der Waals surface area contributed by atoms with Crippen LogP contribution in [0.1, 0.15) is 10.4 Å². The Hall–Kier alpha value is -1.39. The molecule has 0 heterocycles. The number of halogens is 3. The predicted molar refractivity (Wildman–Crippen MR) is 73.5 cm³/mol. The van der Waals surface area contributed by atoms with Crippen molar-refractivity contribution in [2.24, 2.45) is 0 Å². The van der Waals surface area contributed by atoms with Gasteiger partial charge in [-0.25, -0.2) is 4.39 Å². The molecular weight excluding hydrogens is 321 g/mol. The maximum Gasteiger partial charge on any atom is 0.258 e. The van der Waals surface area contributed by atoms with Crippen molar-refractivity contribution in [3.05, 3.63) is 63.3 Å². The molecule has 1 amide bonds. The lowest BCUT2D eigenvalue weighted by molar-refractivity contribution is 0.102. The molecule has 2 nitrogen and oxygen atoms in total. The molecule has 2 aromatic rings. The van der Waals surface area contributed by atoms with Crippen LogP contribution in [-0.2, 0) is 0 Å². The quantitative estimate of drug-likeness (QED) is 0.864. The molecule has 1 N–H and O–H groups in total. The Bertz CT molecular complexity index is 603. The fourth-order valence-electron chi connectivity index (χ4n) is 1.42. The fourth-order valence-corrected chi connectivity index (χ4v) is 1.91. The Morgan fingerprint density at radius 2 is 1.94 bits per heavy atom. The summed E-state index contributed by atoms with van der Waals surface area (Å²) in [4.78, 5) is 11.8. The van der Waals surface area contributed by atoms with Crippen LogP contribution in [0.15, 0.2) is 46.9 Å². The SMILES string of the molecule is O=C(Nc1ccc(Cl)c(Br)c1)c1ccccc1F. The summed E-state index contributed by atoms with van der Waals surface area (Å²) in [6.45, 7) is 0. The van der Waals surface area contributed by atoms with Crippen molar-refractivity contribution in [2.75, 3.05) is 5.32 Å². The van der Waals surface area contributed by atoms with Crippen LogP contribution >= 0.6 is 27.5 Å². The van der Waals surface area contributed by atoms with Gasteiger partial charge in [0.1, 0.15) is 5.82 Å². The van der Waals surface area contributed by atoms with Gasteiger partial charge in [0, 0.05) is 10.2 Å². The second-order valence-electron chi connectivity index (χ2n) is 3.56. The molecule has 0 spiro atoms. The number of carbonyl (C=O) groups is 1. The van der Waals surface area contributed by atoms with E-state index in [0.29, 0.717) is 15.2 Å². The van der Waals surface area contributed by atoms with Crippen LogP contribution in [0.4, 0.5) is 10.1 Å². The van der Waals surface area contributed by atoms with Gasteiger partial charge < -0.3 is 5.32 Å². The summed E-state index contributed by atoms with van der Waals surface area (Å²) in [6.07, 6.45) is 0. The van der Waals surface area contributed by atoms with Crippen LogP contribution in [0.25, 0.3) is 0 Å². The zero-order valence-corrected chi connectivity index (χ0v) is 11.4. The number of amides is 1. The molecule has 0 saturated heterocycles. The lowest BCUT2D eigenvalue weighted by atomic mass is 10.2. The second-order valence-corrected chi connectivity index (χ2v) is 4.82. The molecule has 0 aliphatic rings. The van der Waals surface area contributed by atoms with Crippen LogP contribution in [0.2, 0.25) is 5.02 Å². The van der Waals surface area contributed by atoms with Crippen LogP contribution in [0.5, 0.6) is 0 Å². The summed E-state index contributed by atoms with van der Waals surface area (Å²) in [6, 6.07) is 10.7. The van der Waals surface area contributed by atoms with Gasteiger partial charge in [-0.05, 0) is 46.3 Å². The first kappa shape index (κ1) is 13.1. The Balaban J connectivity index is 2.22. The van der Waals surface area contributed by atoms with Crippen LogP contribution < -0.4 is 5.32 Å². The van der Waals surface area contributed by atoms with E-state index in [4.69, 9.17) is 11.6 Å². The maximum atomic E-state index is 13.4. The smallest absolute Gasteiger partial charge is 0.258 e. The van der Waals surface area contributed by atoms with Gasteiger partial charge in [-0.2, -0.15) is 0 Å². The van der Waals surface area contributed by atoms with E-state index in [1.165, 1.54) is 18.2 Å². The summed E-state index contributed by atoms with van der Waals surface area (Å²) in [7, 11) is 0. The van der Waals surface area contributed by atoms with Gasteiger partial charge in [-0.3, -0.25) is 4.79 Å². The molecule has 18 heavy (non-hydrogen) atoms. The first-order valence-corrected chi connectivity index (χ1v) is 6.26. The molecule has 0 unspecified atom stereocenters. The number of carbonyl (C=O) groups excluding carboxylic acids is 1. The normalized spacial score (nSPS) is 10.2. The van der Waals surface area contributed by atoms with Gasteiger partial charge >= 0.3 is 0 Å². The molecule has 5 heteroatoms. The number of hydrogen-bond acceptors (Lipinski definition) is 1. The molecule has 0 aromatic heterocycles. The van der Waals surface area contributed by atoms with Crippen LogP contribution in [-0.4, -0.2) is 5.91 Å². The Morgan fingerprint density at radius 3 is 2.61 bits per heavy atom. The predicted octanol–water partition coefficient (Wildman–Crippen LogP) is 4.49. The summed E-state index contributed by atoms with van der Waals surface area (Å²) in [5, 5.41) is 3.14. The minimum absolute atomic E-state index is 0.00331. The molecule has 0 fully saturated rings. The van der Waals surface area contributed by atoms with Gasteiger partial charge in [-0.1, -0.05) is 23.7 Å². The number of nitrogens with one attached hydrogen (secondary N) is 1. The van der Waals surface area contributed by atoms with Gasteiger partial charge in [-0.15, -0.1) is 0 Å². The number of rotatable bonds is 2. The van der Waals surface area contributed by atoms with Crippen molar-refractivity contribution < 1.29 is 9.18 Å². The highest BCUT2D eigenvalue weighted by molar-refractivity contribution is 9.10. The molecule has 92 valence electrons. The topological polar surface area (TPSA) is 29.1 Å². The largest absolute Gasteiger partial charge is 0.322 e. The van der Waals surface area contributed by atoms with Crippen molar-refractivity contribution in [3.63, 3.8) is 0 Å². The average Bonchev–Trinajstić information content (AvgIpc) is 2.34. The Kier molecular flexibility index (Phi) is 3.99. The Labute approximate surface area is 117 Å². The zero-order chi connectivity index (χ0) is 13.1. The van der Waals surface area contributed by atoms with Gasteiger partial charge in [0.2, 0.25) is 0 Å². The third-order valence-corrected chi connectivity index (χ3v) is 3.51. The maximum absolute atomic E-state index is 13.4. The molecular formula is C13H8BrClFNO. The molecule has 0 aliphatic heterocycles. The monoisotopic (exact) mass is 327 g/mol. The van der Waals surface area contributed by atoms with E-state index in [-0.39, 0.29) is 5.56 Å². The van der Waals surface area contributed by atoms with Gasteiger partial charge in [0.05, 0.1) is 10.6 Å². The van der Waals surface area contributed by atoms with Crippen LogP contribution in [0.3, 0.4) is 0 Å². The third-order valence-electron chi connectivity index (χ3n) is 2.30. The summed E-state index contributed by atoms with van der Waals surface area (Å²) in [5.74, 6) is -1.05. The number of benzene rings is 2. The highest BCUT2D eigenvalue weighted by atomic mass is 79.9. The molecule has 0 aliphatic carbocycles. The standard InChI is InChI=1S/C13H8BrClFNO/c14-10-7-8(5-6-11(10)15)17-13(18)9-3-1-2-4-12(9)16/h1-7H,(H,17,18). The lowest BCUT2D eigenvalue weighted by Crippen LogP contribution is -2.13.